The van der Waals surface area contributed by atoms with Gasteiger partial charge in [-0.2, -0.15) is 0 Å². The van der Waals surface area contributed by atoms with E-state index >= 15 is 0 Å². The molecule has 1 aliphatic carbocycles. The Bertz CT molecular complexity index is 862. The summed E-state index contributed by atoms with van der Waals surface area (Å²) in [6.07, 6.45) is -8.48. The highest BCUT2D eigenvalue weighted by atomic mass is 16.8. The summed E-state index contributed by atoms with van der Waals surface area (Å²) >= 11 is 0. The van der Waals surface area contributed by atoms with Crippen LogP contribution in [0.2, 0.25) is 0 Å². The molecule has 14 nitrogen and oxygen atoms in total. The normalized spacial score (nSPS) is 44.4. The monoisotopic (exact) mass is 520 g/mol. The Labute approximate surface area is 205 Å². The lowest BCUT2D eigenvalue weighted by Gasteiger charge is -2.43. The van der Waals surface area contributed by atoms with Gasteiger partial charge in [-0.15, -0.1) is 0 Å². The molecule has 0 aromatic rings. The van der Waals surface area contributed by atoms with Gasteiger partial charge >= 0.3 is 5.97 Å². The zero-order valence-corrected chi connectivity index (χ0v) is 19.5. The molecule has 204 valence electrons. The van der Waals surface area contributed by atoms with E-state index in [0.29, 0.717) is 12.0 Å². The molecule has 0 bridgehead atoms. The molecule has 0 radical (unpaired) electrons. The van der Waals surface area contributed by atoms with Crippen molar-refractivity contribution in [2.24, 2.45) is 11.8 Å². The molecule has 3 heterocycles. The predicted octanol–water partition coefficient (Wildman–Crippen LogP) is -3.76. The van der Waals surface area contributed by atoms with Crippen LogP contribution in [0, 0.1) is 11.8 Å². The highest BCUT2D eigenvalue weighted by Crippen LogP contribution is 2.44. The summed E-state index contributed by atoms with van der Waals surface area (Å²) in [4.78, 5) is 12.1. The van der Waals surface area contributed by atoms with Crippen molar-refractivity contribution in [3.63, 3.8) is 0 Å². The third-order valence-corrected chi connectivity index (χ3v) is 7.06. The van der Waals surface area contributed by atoms with E-state index < -0.39 is 86.0 Å². The lowest BCUT2D eigenvalue weighted by atomic mass is 9.83. The number of aliphatic hydroxyl groups is 7. The van der Waals surface area contributed by atoms with E-state index in [1.54, 1.807) is 6.08 Å². The highest BCUT2D eigenvalue weighted by molar-refractivity contribution is 5.89. The number of methoxy groups -OCH3 is 1. The number of fused-ring (bicyclic) bond motifs is 1. The second-order valence-electron chi connectivity index (χ2n) is 9.24. The zero-order chi connectivity index (χ0) is 26.2. The lowest BCUT2D eigenvalue weighted by molar-refractivity contribution is -0.344. The fourth-order valence-electron chi connectivity index (χ4n) is 4.84. The van der Waals surface area contributed by atoms with Crippen LogP contribution in [0.5, 0.6) is 0 Å². The standard InChI is InChI=1S/C22H32O14/c1-31-18(29)11-5-32-19(13-9(4-23)2-3-10(11)13)36-20-16(27)15(26)14(25)12(35-20)6-33-21-17(28)22(30,7-24)8-34-21/h2,5,10,12-17,19-21,23-28,30H,3-4,6-8H2,1H3/t10-,12-,13-,14-,15+,16-,17+,19+,20+,21-,22-/m1/s1. The summed E-state index contributed by atoms with van der Waals surface area (Å²) in [6.45, 7) is -1.92. The molecule has 0 saturated carbocycles. The number of hydrogen-bond acceptors (Lipinski definition) is 14. The van der Waals surface area contributed by atoms with Gasteiger partial charge in [-0.25, -0.2) is 4.79 Å². The maximum atomic E-state index is 12.1. The van der Waals surface area contributed by atoms with Crippen molar-refractivity contribution in [1.29, 1.82) is 0 Å². The van der Waals surface area contributed by atoms with Crippen LogP contribution in [0.1, 0.15) is 6.42 Å². The van der Waals surface area contributed by atoms with Crippen LogP contribution < -0.4 is 0 Å². The Balaban J connectivity index is 1.44. The van der Waals surface area contributed by atoms with Gasteiger partial charge in [0.15, 0.2) is 12.6 Å². The minimum atomic E-state index is -1.91. The average molecular weight is 520 g/mol. The molecule has 0 aromatic heterocycles. The first-order chi connectivity index (χ1) is 17.1. The van der Waals surface area contributed by atoms with Crippen LogP contribution in [0.25, 0.3) is 0 Å². The molecule has 2 saturated heterocycles. The number of hydrogen-bond donors (Lipinski definition) is 7. The van der Waals surface area contributed by atoms with Gasteiger partial charge in [0.05, 0.1) is 51.3 Å². The molecule has 7 N–H and O–H groups in total. The van der Waals surface area contributed by atoms with Gasteiger partial charge in [-0.05, 0) is 12.0 Å². The number of ether oxygens (including phenoxy) is 6. The Kier molecular flexibility index (Phi) is 8.33. The van der Waals surface area contributed by atoms with Crippen molar-refractivity contribution in [2.75, 3.05) is 33.5 Å². The van der Waals surface area contributed by atoms with Crippen molar-refractivity contribution in [3.8, 4) is 0 Å². The number of rotatable bonds is 8. The molecular formula is C22H32O14. The Morgan fingerprint density at radius 1 is 1.11 bits per heavy atom. The van der Waals surface area contributed by atoms with Crippen molar-refractivity contribution >= 4 is 5.97 Å². The minimum Gasteiger partial charge on any atom is -0.471 e. The van der Waals surface area contributed by atoms with Crippen LogP contribution in [0.4, 0.5) is 0 Å². The summed E-state index contributed by atoms with van der Waals surface area (Å²) in [5.41, 5.74) is -1.11. The molecule has 11 atom stereocenters. The number of aliphatic hydroxyl groups excluding tert-OH is 6. The van der Waals surface area contributed by atoms with Crippen molar-refractivity contribution < 1.29 is 69.0 Å². The minimum absolute atomic E-state index is 0.256. The maximum absolute atomic E-state index is 12.1. The molecule has 14 heteroatoms. The summed E-state index contributed by atoms with van der Waals surface area (Å²) in [6, 6.07) is 0. The molecule has 0 spiro atoms. The van der Waals surface area contributed by atoms with Crippen LogP contribution in [0.3, 0.4) is 0 Å². The van der Waals surface area contributed by atoms with Crippen molar-refractivity contribution in [3.05, 3.63) is 23.5 Å². The Hall–Kier alpha value is -1.69. The van der Waals surface area contributed by atoms with Gasteiger partial charge in [-0.3, -0.25) is 0 Å². The maximum Gasteiger partial charge on any atom is 0.337 e. The first-order valence-corrected chi connectivity index (χ1v) is 11.5. The van der Waals surface area contributed by atoms with Crippen molar-refractivity contribution in [2.45, 2.75) is 61.4 Å². The van der Waals surface area contributed by atoms with E-state index in [1.807, 2.05) is 0 Å². The molecule has 3 aliphatic heterocycles. The fraction of sp³-hybridized carbons (Fsp3) is 0.773. The molecular weight excluding hydrogens is 488 g/mol. The largest absolute Gasteiger partial charge is 0.471 e. The van der Waals surface area contributed by atoms with E-state index in [0.717, 1.165) is 0 Å². The predicted molar refractivity (Wildman–Crippen MR) is 113 cm³/mol. The van der Waals surface area contributed by atoms with E-state index in [4.69, 9.17) is 28.4 Å². The number of carbonyl (C=O) groups excluding carboxylic acids is 1. The molecule has 4 aliphatic rings. The molecule has 4 rings (SSSR count). The molecule has 0 amide bonds. The average Bonchev–Trinajstić information content (AvgIpc) is 3.45. The van der Waals surface area contributed by atoms with Gasteiger partial charge in [0.1, 0.15) is 36.1 Å². The number of esters is 1. The van der Waals surface area contributed by atoms with Crippen LogP contribution in [-0.2, 0) is 33.2 Å². The number of allylic oxidation sites excluding steroid dienone is 1. The Morgan fingerprint density at radius 2 is 1.86 bits per heavy atom. The third-order valence-electron chi connectivity index (χ3n) is 7.06. The first kappa shape index (κ1) is 27.3. The lowest BCUT2D eigenvalue weighted by Crippen LogP contribution is -2.60. The van der Waals surface area contributed by atoms with Crippen LogP contribution >= 0.6 is 0 Å². The molecule has 0 aromatic carbocycles. The second kappa shape index (κ2) is 11.0. The highest BCUT2D eigenvalue weighted by Gasteiger charge is 2.52. The van der Waals surface area contributed by atoms with Crippen molar-refractivity contribution in [1.82, 2.24) is 0 Å². The van der Waals surface area contributed by atoms with Gasteiger partial charge < -0.3 is 64.2 Å². The van der Waals surface area contributed by atoms with E-state index in [1.165, 1.54) is 13.4 Å². The molecule has 0 unspecified atom stereocenters. The van der Waals surface area contributed by atoms with Gasteiger partial charge in [0, 0.05) is 5.92 Å². The summed E-state index contributed by atoms with van der Waals surface area (Å²) in [5.74, 6) is -1.62. The quantitative estimate of drug-likeness (QED) is 0.121. The first-order valence-electron chi connectivity index (χ1n) is 11.5. The smallest absolute Gasteiger partial charge is 0.337 e. The Morgan fingerprint density at radius 3 is 2.50 bits per heavy atom. The molecule has 2 fully saturated rings. The van der Waals surface area contributed by atoms with E-state index in [-0.39, 0.29) is 18.8 Å². The van der Waals surface area contributed by atoms with E-state index in [2.05, 4.69) is 0 Å². The topological polar surface area (TPSA) is 214 Å². The van der Waals surface area contributed by atoms with Gasteiger partial charge in [0.2, 0.25) is 6.29 Å². The summed E-state index contributed by atoms with van der Waals surface area (Å²) in [5, 5.41) is 70.4. The van der Waals surface area contributed by atoms with Gasteiger partial charge in [0.25, 0.3) is 0 Å². The second-order valence-corrected chi connectivity index (χ2v) is 9.24. The van der Waals surface area contributed by atoms with E-state index in [9.17, 15) is 40.5 Å². The summed E-state index contributed by atoms with van der Waals surface area (Å²) in [7, 11) is 1.23. The number of carbonyl (C=O) groups is 1. The molecule has 36 heavy (non-hydrogen) atoms. The third kappa shape index (κ3) is 4.91. The SMILES string of the molecule is COC(=O)C1=CO[C@@H](O[C@@H]2O[C@H](CO[C@@H]3OC[C@](O)(CO)[C@H]3O)[C@@H](O)[C@H](O)[C@H]2O)[C@@H]2C(CO)=CC[C@H]12. The van der Waals surface area contributed by atoms with Crippen LogP contribution in [-0.4, -0.2) is 130 Å². The zero-order valence-electron chi connectivity index (χ0n) is 19.5. The van der Waals surface area contributed by atoms with Gasteiger partial charge in [-0.1, -0.05) is 6.08 Å². The van der Waals surface area contributed by atoms with Crippen LogP contribution in [0.15, 0.2) is 23.5 Å². The fourth-order valence-corrected chi connectivity index (χ4v) is 4.84. The summed E-state index contributed by atoms with van der Waals surface area (Å²) < 4.78 is 32.4.